The van der Waals surface area contributed by atoms with Gasteiger partial charge in [-0.05, 0) is 25.0 Å². The summed E-state index contributed by atoms with van der Waals surface area (Å²) >= 11 is 0. The third-order valence-corrected chi connectivity index (χ3v) is 5.47. The Kier molecular flexibility index (Phi) is 5.19. The zero-order chi connectivity index (χ0) is 17.9. The number of rotatable bonds is 5. The predicted molar refractivity (Wildman–Crippen MR) is 97.8 cm³/mol. The summed E-state index contributed by atoms with van der Waals surface area (Å²) < 4.78 is 5.38. The van der Waals surface area contributed by atoms with Crippen LogP contribution in [0.3, 0.4) is 0 Å². The van der Waals surface area contributed by atoms with Crippen LogP contribution in [0.1, 0.15) is 25.1 Å². The van der Waals surface area contributed by atoms with Crippen molar-refractivity contribution in [1.29, 1.82) is 0 Å². The van der Waals surface area contributed by atoms with Gasteiger partial charge in [0.25, 0.3) is 0 Å². The van der Waals surface area contributed by atoms with Gasteiger partial charge in [-0.1, -0.05) is 12.1 Å². The maximum Gasteiger partial charge on any atom is 0.220 e. The number of nitrogens with zero attached hydrogens (tertiary/aromatic N) is 2. The van der Waals surface area contributed by atoms with E-state index in [9.17, 15) is 9.90 Å². The van der Waals surface area contributed by atoms with Gasteiger partial charge in [-0.2, -0.15) is 0 Å². The van der Waals surface area contributed by atoms with Crippen LogP contribution in [0.4, 0.5) is 0 Å². The van der Waals surface area contributed by atoms with Gasteiger partial charge in [0.1, 0.15) is 5.82 Å². The third-order valence-electron chi connectivity index (χ3n) is 5.47. The van der Waals surface area contributed by atoms with Crippen molar-refractivity contribution < 1.29 is 14.6 Å². The van der Waals surface area contributed by atoms with Gasteiger partial charge in [-0.25, -0.2) is 4.98 Å². The topological polar surface area (TPSA) is 90.5 Å². The first-order valence-electron chi connectivity index (χ1n) is 9.43. The van der Waals surface area contributed by atoms with Crippen LogP contribution in [0.25, 0.3) is 11.0 Å². The minimum Gasteiger partial charge on any atom is -0.389 e. The lowest BCUT2D eigenvalue weighted by atomic mass is 10.1. The quantitative estimate of drug-likeness (QED) is 0.737. The molecule has 3 atom stereocenters. The number of H-pyrrole nitrogens is 1. The molecule has 26 heavy (non-hydrogen) atoms. The smallest absolute Gasteiger partial charge is 0.220 e. The van der Waals surface area contributed by atoms with E-state index >= 15 is 0 Å². The maximum absolute atomic E-state index is 12.3. The van der Waals surface area contributed by atoms with Crippen LogP contribution in [-0.4, -0.2) is 70.4 Å². The second-order valence-corrected chi connectivity index (χ2v) is 7.16. The summed E-state index contributed by atoms with van der Waals surface area (Å²) in [7, 11) is 0. The Balaban J connectivity index is 1.28. The highest BCUT2D eigenvalue weighted by molar-refractivity contribution is 5.77. The number of aliphatic hydroxyl groups excluding tert-OH is 1. The van der Waals surface area contributed by atoms with Crippen molar-refractivity contribution in [2.75, 3.05) is 26.3 Å². The molecule has 1 saturated carbocycles. The Morgan fingerprint density at radius 2 is 2.12 bits per heavy atom. The van der Waals surface area contributed by atoms with E-state index in [0.29, 0.717) is 12.8 Å². The Labute approximate surface area is 152 Å². The summed E-state index contributed by atoms with van der Waals surface area (Å²) in [6.07, 6.45) is 2.15. The third kappa shape index (κ3) is 3.75. The molecule has 3 N–H and O–H groups in total. The maximum atomic E-state index is 12.3. The van der Waals surface area contributed by atoms with E-state index in [1.807, 2.05) is 24.3 Å². The van der Waals surface area contributed by atoms with Crippen LogP contribution < -0.4 is 5.32 Å². The largest absolute Gasteiger partial charge is 0.389 e. The van der Waals surface area contributed by atoms with E-state index in [1.54, 1.807) is 0 Å². The van der Waals surface area contributed by atoms with Gasteiger partial charge in [0, 0.05) is 32.0 Å². The zero-order valence-corrected chi connectivity index (χ0v) is 14.9. The molecule has 7 nitrogen and oxygen atoms in total. The molecule has 4 rings (SSSR count). The molecule has 2 aliphatic rings. The number of para-hydroxylation sites is 2. The number of nitrogens with one attached hydrogen (secondary N) is 2. The van der Waals surface area contributed by atoms with Crippen LogP contribution >= 0.6 is 0 Å². The van der Waals surface area contributed by atoms with Crippen LogP contribution in [-0.2, 0) is 16.0 Å². The lowest BCUT2D eigenvalue weighted by Crippen LogP contribution is -2.51. The summed E-state index contributed by atoms with van der Waals surface area (Å²) in [4.78, 5) is 22.4. The zero-order valence-electron chi connectivity index (χ0n) is 14.9. The number of aliphatic hydroxyl groups is 1. The summed E-state index contributed by atoms with van der Waals surface area (Å²) in [6, 6.07) is 7.81. The first kappa shape index (κ1) is 17.5. The first-order chi connectivity index (χ1) is 12.7. The average Bonchev–Trinajstić information content (AvgIpc) is 3.24. The molecule has 2 heterocycles. The number of fused-ring (bicyclic) bond motifs is 1. The number of carbonyl (C=O) groups excluding carboxylic acids is 1. The molecule has 1 amide bonds. The van der Waals surface area contributed by atoms with Crippen LogP contribution in [0, 0.1) is 0 Å². The average molecular weight is 358 g/mol. The molecule has 1 aromatic carbocycles. The van der Waals surface area contributed by atoms with Crippen LogP contribution in [0.15, 0.2) is 24.3 Å². The number of morpholine rings is 1. The summed E-state index contributed by atoms with van der Waals surface area (Å²) in [5, 5.41) is 13.6. The molecule has 1 aromatic heterocycles. The molecule has 2 fully saturated rings. The van der Waals surface area contributed by atoms with Crippen molar-refractivity contribution in [3.8, 4) is 0 Å². The lowest BCUT2D eigenvalue weighted by Gasteiger charge is -2.34. The second kappa shape index (κ2) is 7.73. The molecule has 140 valence electrons. The van der Waals surface area contributed by atoms with E-state index in [4.69, 9.17) is 4.74 Å². The molecule has 0 radical (unpaired) electrons. The van der Waals surface area contributed by atoms with Crippen molar-refractivity contribution in [2.45, 2.75) is 43.9 Å². The number of benzene rings is 1. The molecule has 1 aliphatic carbocycles. The summed E-state index contributed by atoms with van der Waals surface area (Å²) in [6.45, 7) is 3.15. The minimum absolute atomic E-state index is 0.0304. The number of hydrogen-bond acceptors (Lipinski definition) is 5. The molecular weight excluding hydrogens is 332 g/mol. The second-order valence-electron chi connectivity index (χ2n) is 7.16. The molecular formula is C19H26N4O3. The Bertz CT molecular complexity index is 723. The van der Waals surface area contributed by atoms with Crippen molar-refractivity contribution in [3.05, 3.63) is 30.1 Å². The lowest BCUT2D eigenvalue weighted by molar-refractivity contribution is -0.122. The predicted octanol–water partition coefficient (Wildman–Crippen LogP) is 0.836. The first-order valence-corrected chi connectivity index (χ1v) is 9.43. The molecule has 2 aromatic rings. The summed E-state index contributed by atoms with van der Waals surface area (Å²) in [5.74, 6) is 0.789. The van der Waals surface area contributed by atoms with E-state index in [2.05, 4.69) is 20.2 Å². The number of aromatic nitrogens is 2. The van der Waals surface area contributed by atoms with Gasteiger partial charge in [0.2, 0.25) is 5.91 Å². The van der Waals surface area contributed by atoms with E-state index < -0.39 is 6.10 Å². The normalized spacial score (nSPS) is 27.0. The number of aryl methyl sites for hydroxylation is 1. The standard InChI is InChI=1S/C19H26N4O3/c24-18(8-7-17-20-13-3-1-2-4-14(13)21-17)22-15-5-6-16(19(15)25)23-9-11-26-12-10-23/h1-4,15-16,19,25H,5-12H2,(H,20,21)(H,22,24)/t15-,16-,19-/m1/s1. The number of carbonyl (C=O) groups is 1. The fourth-order valence-corrected chi connectivity index (χ4v) is 4.06. The molecule has 0 unspecified atom stereocenters. The number of amides is 1. The minimum atomic E-state index is -0.511. The number of aromatic amines is 1. The fourth-order valence-electron chi connectivity index (χ4n) is 4.06. The SMILES string of the molecule is O=C(CCc1nc2ccccc2[nH]1)N[C@@H]1CC[C@@H](N2CCOCC2)[C@@H]1O. The van der Waals surface area contributed by atoms with Gasteiger partial charge < -0.3 is 20.1 Å². The molecule has 1 saturated heterocycles. The number of imidazole rings is 1. The van der Waals surface area contributed by atoms with Crippen molar-refractivity contribution in [2.24, 2.45) is 0 Å². The van der Waals surface area contributed by atoms with E-state index in [1.165, 1.54) is 0 Å². The number of hydrogen-bond donors (Lipinski definition) is 3. The van der Waals surface area contributed by atoms with Crippen molar-refractivity contribution >= 4 is 16.9 Å². The van der Waals surface area contributed by atoms with E-state index in [-0.39, 0.29) is 18.0 Å². The van der Waals surface area contributed by atoms with Crippen molar-refractivity contribution in [3.63, 3.8) is 0 Å². The monoisotopic (exact) mass is 358 g/mol. The Morgan fingerprint density at radius 1 is 1.31 bits per heavy atom. The highest BCUT2D eigenvalue weighted by Crippen LogP contribution is 2.25. The Morgan fingerprint density at radius 3 is 2.92 bits per heavy atom. The molecule has 7 heteroatoms. The fraction of sp³-hybridized carbons (Fsp3) is 0.579. The van der Waals surface area contributed by atoms with Gasteiger partial charge in [0.05, 0.1) is 36.4 Å². The van der Waals surface area contributed by atoms with Gasteiger partial charge in [-0.3, -0.25) is 9.69 Å². The van der Waals surface area contributed by atoms with Gasteiger partial charge in [-0.15, -0.1) is 0 Å². The van der Waals surface area contributed by atoms with Crippen molar-refractivity contribution in [1.82, 2.24) is 20.2 Å². The highest BCUT2D eigenvalue weighted by Gasteiger charge is 2.39. The number of ether oxygens (including phenoxy) is 1. The molecule has 0 bridgehead atoms. The van der Waals surface area contributed by atoms with Crippen LogP contribution in [0.5, 0.6) is 0 Å². The highest BCUT2D eigenvalue weighted by atomic mass is 16.5. The van der Waals surface area contributed by atoms with Gasteiger partial charge in [0.15, 0.2) is 0 Å². The molecule has 1 aliphatic heterocycles. The molecule has 0 spiro atoms. The van der Waals surface area contributed by atoms with E-state index in [0.717, 1.165) is 56.0 Å². The van der Waals surface area contributed by atoms with Gasteiger partial charge >= 0.3 is 0 Å². The Hall–Kier alpha value is -1.96. The van der Waals surface area contributed by atoms with Crippen LogP contribution in [0.2, 0.25) is 0 Å². The summed E-state index contributed by atoms with van der Waals surface area (Å²) in [5.41, 5.74) is 1.91.